The number of hydrogen-bond acceptors (Lipinski definition) is 4. The summed E-state index contributed by atoms with van der Waals surface area (Å²) < 4.78 is 0. The van der Waals surface area contributed by atoms with Gasteiger partial charge >= 0.3 is 0 Å². The van der Waals surface area contributed by atoms with Gasteiger partial charge in [0, 0.05) is 41.1 Å². The molecule has 0 atom stereocenters. The normalized spacial score (nSPS) is 11.7. The maximum Gasteiger partial charge on any atom is 0.159 e. The Labute approximate surface area is 183 Å². The van der Waals surface area contributed by atoms with Crippen molar-refractivity contribution in [1.82, 2.24) is 0 Å². The molecule has 4 nitrogen and oxygen atoms in total. The van der Waals surface area contributed by atoms with Gasteiger partial charge in [-0.25, -0.2) is 0 Å². The van der Waals surface area contributed by atoms with Crippen LogP contribution < -0.4 is 0 Å². The summed E-state index contributed by atoms with van der Waals surface area (Å²) in [6.45, 7) is 6.02. The number of Topliss-reactive ketones (excluding diaryl/α,β-unsaturated/α-hetero) is 2. The molecule has 2 aromatic carbocycles. The van der Waals surface area contributed by atoms with E-state index in [4.69, 9.17) is 0 Å². The second-order valence-electron chi connectivity index (χ2n) is 6.57. The second-order valence-corrected chi connectivity index (χ2v) is 6.57. The number of ketones is 2. The summed E-state index contributed by atoms with van der Waals surface area (Å²) in [5.41, 5.74) is 3.03. The number of allylic oxidation sites excluding steroid dienone is 4. The first-order valence-electron chi connectivity index (χ1n) is 9.09. The number of carbonyl (C=O) groups excluding carboxylic acids is 2. The van der Waals surface area contributed by atoms with Crippen LogP contribution in [0.2, 0.25) is 0 Å². The van der Waals surface area contributed by atoms with Crippen LogP contribution in [0.15, 0.2) is 83.3 Å². The van der Waals surface area contributed by atoms with Gasteiger partial charge in [-0.1, -0.05) is 60.7 Å². The molecule has 5 heteroatoms. The largest absolute Gasteiger partial charge is 0.512 e. The predicted molar refractivity (Wildman–Crippen MR) is 112 cm³/mol. The van der Waals surface area contributed by atoms with Crippen molar-refractivity contribution in [2.24, 2.45) is 0 Å². The Balaban J connectivity index is 0.000000523. The first-order valence-corrected chi connectivity index (χ1v) is 9.09. The van der Waals surface area contributed by atoms with Gasteiger partial charge in [0.2, 0.25) is 0 Å². The molecule has 0 spiro atoms. The third-order valence-electron chi connectivity index (χ3n) is 4.17. The molecule has 2 rings (SSSR count). The average Bonchev–Trinajstić information content (AvgIpc) is 2.65. The number of aliphatic hydroxyl groups excluding tert-OH is 2. The van der Waals surface area contributed by atoms with Crippen LogP contribution in [0.3, 0.4) is 0 Å². The molecule has 29 heavy (non-hydrogen) atoms. The van der Waals surface area contributed by atoms with Crippen LogP contribution in [0.4, 0.5) is 0 Å². The van der Waals surface area contributed by atoms with E-state index in [9.17, 15) is 19.8 Å². The molecule has 0 heterocycles. The Morgan fingerprint density at radius 3 is 1.10 bits per heavy atom. The molecule has 159 valence electrons. The van der Waals surface area contributed by atoms with Gasteiger partial charge < -0.3 is 10.2 Å². The SMILES string of the molecule is CC(=O)/C(Cc1ccccc1)=C(/C)O.CC(=O)/C(Cc1ccccc1)=C(/C)O.[Cu]. The summed E-state index contributed by atoms with van der Waals surface area (Å²) in [6, 6.07) is 19.3. The van der Waals surface area contributed by atoms with Gasteiger partial charge in [-0.3, -0.25) is 9.59 Å². The van der Waals surface area contributed by atoms with Gasteiger partial charge in [-0.2, -0.15) is 0 Å². The van der Waals surface area contributed by atoms with Crippen molar-refractivity contribution < 1.29 is 36.9 Å². The van der Waals surface area contributed by atoms with Crippen molar-refractivity contribution in [2.45, 2.75) is 40.5 Å². The zero-order valence-corrected chi connectivity index (χ0v) is 18.1. The molecular formula is C24H28CuO4. The number of aliphatic hydroxyl groups is 2. The van der Waals surface area contributed by atoms with Gasteiger partial charge in [0.1, 0.15) is 0 Å². The minimum absolute atomic E-state index is 0. The maximum absolute atomic E-state index is 11.2. The molecule has 1 radical (unpaired) electrons. The Kier molecular flexibility index (Phi) is 12.3. The predicted octanol–water partition coefficient (Wildman–Crippen LogP) is 5.30. The maximum atomic E-state index is 11.2. The summed E-state index contributed by atoms with van der Waals surface area (Å²) in [4.78, 5) is 22.3. The first-order chi connectivity index (χ1) is 13.2. The van der Waals surface area contributed by atoms with Crippen LogP contribution in [0.1, 0.15) is 38.8 Å². The summed E-state index contributed by atoms with van der Waals surface area (Å²) in [7, 11) is 0. The first kappa shape index (κ1) is 26.4. The van der Waals surface area contributed by atoms with E-state index in [-0.39, 0.29) is 40.2 Å². The fourth-order valence-corrected chi connectivity index (χ4v) is 2.61. The van der Waals surface area contributed by atoms with Crippen molar-refractivity contribution in [3.05, 3.63) is 94.5 Å². The van der Waals surface area contributed by atoms with Gasteiger partial charge in [0.15, 0.2) is 11.6 Å². The van der Waals surface area contributed by atoms with E-state index in [1.165, 1.54) is 13.8 Å². The van der Waals surface area contributed by atoms with Crippen LogP contribution in [0, 0.1) is 0 Å². The van der Waals surface area contributed by atoms with E-state index in [1.807, 2.05) is 60.7 Å². The summed E-state index contributed by atoms with van der Waals surface area (Å²) >= 11 is 0. The van der Waals surface area contributed by atoms with E-state index >= 15 is 0 Å². The van der Waals surface area contributed by atoms with E-state index < -0.39 is 0 Å². The summed E-state index contributed by atoms with van der Waals surface area (Å²) in [5.74, 6) is 0.0745. The zero-order valence-electron chi connectivity index (χ0n) is 17.2. The van der Waals surface area contributed by atoms with Crippen LogP contribution in [0.5, 0.6) is 0 Å². The Bertz CT molecular complexity index is 771. The van der Waals surface area contributed by atoms with Gasteiger partial charge in [0.05, 0.1) is 11.5 Å². The average molecular weight is 444 g/mol. The molecule has 2 N–H and O–H groups in total. The van der Waals surface area contributed by atoms with Gasteiger partial charge in [0.25, 0.3) is 0 Å². The molecule has 0 unspecified atom stereocenters. The second kappa shape index (κ2) is 13.5. The molecule has 2 aromatic rings. The van der Waals surface area contributed by atoms with Gasteiger partial charge in [-0.15, -0.1) is 0 Å². The fraction of sp³-hybridized carbons (Fsp3) is 0.250. The molecule has 0 amide bonds. The quantitative estimate of drug-likeness (QED) is 0.361. The van der Waals surface area contributed by atoms with Crippen molar-refractivity contribution in [3.63, 3.8) is 0 Å². The number of benzene rings is 2. The molecule has 0 saturated carbocycles. The molecule has 0 saturated heterocycles. The third kappa shape index (κ3) is 9.93. The Morgan fingerprint density at radius 1 is 0.621 bits per heavy atom. The van der Waals surface area contributed by atoms with Crippen LogP contribution >= 0.6 is 0 Å². The summed E-state index contributed by atoms with van der Waals surface area (Å²) in [5, 5.41) is 18.6. The molecule has 0 aliphatic rings. The standard InChI is InChI=1S/2C12H14O2.Cu/c2*1-9(13)12(10(2)14)8-11-6-4-3-5-7-11;/h2*3-7,13H,8H2,1-2H3;/b2*12-9-;. The number of carbonyl (C=O) groups is 2. The van der Waals surface area contributed by atoms with Crippen molar-refractivity contribution in [1.29, 1.82) is 0 Å². The Morgan fingerprint density at radius 2 is 0.897 bits per heavy atom. The molecule has 0 fully saturated rings. The monoisotopic (exact) mass is 443 g/mol. The smallest absolute Gasteiger partial charge is 0.159 e. The molecule has 0 aliphatic carbocycles. The summed E-state index contributed by atoms with van der Waals surface area (Å²) in [6.07, 6.45) is 0.997. The Hall–Kier alpha value is -2.62. The van der Waals surface area contributed by atoms with Crippen molar-refractivity contribution in [3.8, 4) is 0 Å². The van der Waals surface area contributed by atoms with E-state index in [2.05, 4.69) is 0 Å². The topological polar surface area (TPSA) is 74.6 Å². The van der Waals surface area contributed by atoms with Crippen LogP contribution in [-0.4, -0.2) is 21.8 Å². The van der Waals surface area contributed by atoms with Gasteiger partial charge in [-0.05, 0) is 38.8 Å². The van der Waals surface area contributed by atoms with E-state index in [1.54, 1.807) is 13.8 Å². The molecule has 0 aromatic heterocycles. The zero-order chi connectivity index (χ0) is 21.1. The van der Waals surface area contributed by atoms with E-state index in [0.717, 1.165) is 11.1 Å². The minimum Gasteiger partial charge on any atom is -0.512 e. The van der Waals surface area contributed by atoms with Crippen molar-refractivity contribution >= 4 is 11.6 Å². The number of hydrogen-bond donors (Lipinski definition) is 2. The molecule has 0 bridgehead atoms. The van der Waals surface area contributed by atoms with E-state index in [0.29, 0.717) is 24.0 Å². The van der Waals surface area contributed by atoms with Crippen molar-refractivity contribution in [2.75, 3.05) is 0 Å². The minimum atomic E-state index is -0.0751. The fourth-order valence-electron chi connectivity index (χ4n) is 2.61. The van der Waals surface area contributed by atoms with Crippen LogP contribution in [0.25, 0.3) is 0 Å². The number of rotatable bonds is 6. The van der Waals surface area contributed by atoms with Crippen LogP contribution in [-0.2, 0) is 39.5 Å². The molecule has 0 aliphatic heterocycles. The molecular weight excluding hydrogens is 416 g/mol. The third-order valence-corrected chi connectivity index (χ3v) is 4.17.